The van der Waals surface area contributed by atoms with Crippen LogP contribution in [0.2, 0.25) is 0 Å². The van der Waals surface area contributed by atoms with Gasteiger partial charge in [-0.3, -0.25) is 0 Å². The highest BCUT2D eigenvalue weighted by molar-refractivity contribution is 5.42. The van der Waals surface area contributed by atoms with Crippen molar-refractivity contribution in [3.8, 4) is 11.5 Å². The zero-order valence-electron chi connectivity index (χ0n) is 13.1. The number of hydrogen-bond donors (Lipinski definition) is 1. The van der Waals surface area contributed by atoms with Crippen LogP contribution in [0, 0.1) is 11.8 Å². The predicted octanol–water partition coefficient (Wildman–Crippen LogP) is 3.79. The second kappa shape index (κ2) is 6.98. The Morgan fingerprint density at radius 2 is 1.80 bits per heavy atom. The van der Waals surface area contributed by atoms with Crippen molar-refractivity contribution >= 4 is 0 Å². The Hall–Kier alpha value is -1.22. The van der Waals surface area contributed by atoms with Gasteiger partial charge in [0.1, 0.15) is 11.5 Å². The Balaban J connectivity index is 2.25. The molecule has 1 saturated carbocycles. The Morgan fingerprint density at radius 3 is 2.35 bits per heavy atom. The second-order valence-corrected chi connectivity index (χ2v) is 5.89. The monoisotopic (exact) mass is 277 g/mol. The van der Waals surface area contributed by atoms with Crippen LogP contribution in [0.1, 0.15) is 44.2 Å². The molecule has 2 rings (SSSR count). The van der Waals surface area contributed by atoms with Gasteiger partial charge in [0.05, 0.1) is 14.2 Å². The molecule has 1 aromatic carbocycles. The van der Waals surface area contributed by atoms with Crippen LogP contribution in [-0.4, -0.2) is 21.3 Å². The van der Waals surface area contributed by atoms with Gasteiger partial charge in [-0.05, 0) is 49.9 Å². The maximum atomic E-state index is 5.54. The average Bonchev–Trinajstić information content (AvgIpc) is 2.49. The summed E-state index contributed by atoms with van der Waals surface area (Å²) in [6.07, 6.45) is 5.23. The topological polar surface area (TPSA) is 30.5 Å². The zero-order valence-corrected chi connectivity index (χ0v) is 13.1. The van der Waals surface area contributed by atoms with E-state index in [2.05, 4.69) is 18.3 Å². The fourth-order valence-corrected chi connectivity index (χ4v) is 3.35. The molecule has 0 saturated heterocycles. The van der Waals surface area contributed by atoms with E-state index in [9.17, 15) is 0 Å². The van der Waals surface area contributed by atoms with Gasteiger partial charge in [0.15, 0.2) is 0 Å². The van der Waals surface area contributed by atoms with Crippen LogP contribution in [0.3, 0.4) is 0 Å². The number of nitrogens with one attached hydrogen (secondary N) is 1. The van der Waals surface area contributed by atoms with Crippen molar-refractivity contribution < 1.29 is 9.47 Å². The van der Waals surface area contributed by atoms with E-state index in [4.69, 9.17) is 9.47 Å². The highest BCUT2D eigenvalue weighted by Crippen LogP contribution is 2.40. The molecule has 1 fully saturated rings. The first-order valence-corrected chi connectivity index (χ1v) is 7.58. The van der Waals surface area contributed by atoms with Crippen LogP contribution < -0.4 is 14.8 Å². The van der Waals surface area contributed by atoms with Crippen LogP contribution in [-0.2, 0) is 0 Å². The van der Waals surface area contributed by atoms with Gasteiger partial charge in [0, 0.05) is 11.6 Å². The maximum Gasteiger partial charge on any atom is 0.123 e. The molecular formula is C17H27NO2. The van der Waals surface area contributed by atoms with Crippen molar-refractivity contribution in [1.82, 2.24) is 5.32 Å². The van der Waals surface area contributed by atoms with Crippen LogP contribution >= 0.6 is 0 Å². The summed E-state index contributed by atoms with van der Waals surface area (Å²) < 4.78 is 10.9. The zero-order chi connectivity index (χ0) is 14.5. The van der Waals surface area contributed by atoms with E-state index in [-0.39, 0.29) is 0 Å². The summed E-state index contributed by atoms with van der Waals surface area (Å²) >= 11 is 0. The fourth-order valence-electron chi connectivity index (χ4n) is 3.35. The summed E-state index contributed by atoms with van der Waals surface area (Å²) in [6.45, 7) is 2.36. The summed E-state index contributed by atoms with van der Waals surface area (Å²) in [5.74, 6) is 3.39. The van der Waals surface area contributed by atoms with Gasteiger partial charge < -0.3 is 14.8 Å². The number of methoxy groups -OCH3 is 2. The lowest BCUT2D eigenvalue weighted by Gasteiger charge is -2.33. The molecule has 1 aromatic rings. The summed E-state index contributed by atoms with van der Waals surface area (Å²) in [7, 11) is 5.49. The molecule has 1 aliphatic carbocycles. The van der Waals surface area contributed by atoms with Crippen LogP contribution in [0.25, 0.3) is 0 Å². The number of ether oxygens (including phenoxy) is 2. The summed E-state index contributed by atoms with van der Waals surface area (Å²) in [5.41, 5.74) is 1.22. The molecule has 0 amide bonds. The van der Waals surface area contributed by atoms with E-state index in [1.807, 2.05) is 19.2 Å². The molecule has 0 aromatic heterocycles. The van der Waals surface area contributed by atoms with Crippen molar-refractivity contribution in [3.05, 3.63) is 23.8 Å². The normalized spacial score (nSPS) is 24.2. The standard InChI is InChI=1S/C17H27NO2/c1-12-5-7-13(8-6-12)17(18-2)15-11-14(19-3)9-10-16(15)20-4/h9-13,17-18H,5-8H2,1-4H3. The summed E-state index contributed by atoms with van der Waals surface area (Å²) in [4.78, 5) is 0. The van der Waals surface area contributed by atoms with Crippen molar-refractivity contribution in [3.63, 3.8) is 0 Å². The Kier molecular flexibility index (Phi) is 5.30. The third-order valence-electron chi connectivity index (χ3n) is 4.61. The fraction of sp³-hybridized carbons (Fsp3) is 0.647. The molecule has 3 nitrogen and oxygen atoms in total. The van der Waals surface area contributed by atoms with Crippen LogP contribution in [0.5, 0.6) is 11.5 Å². The smallest absolute Gasteiger partial charge is 0.123 e. The first kappa shape index (κ1) is 15.2. The molecule has 20 heavy (non-hydrogen) atoms. The third kappa shape index (κ3) is 3.26. The molecule has 1 aliphatic rings. The Labute approximate surface area is 122 Å². The molecule has 1 N–H and O–H groups in total. The molecule has 0 radical (unpaired) electrons. The number of hydrogen-bond acceptors (Lipinski definition) is 3. The van der Waals surface area contributed by atoms with Crippen molar-refractivity contribution in [1.29, 1.82) is 0 Å². The molecule has 0 bridgehead atoms. The lowest BCUT2D eigenvalue weighted by Crippen LogP contribution is -2.28. The minimum Gasteiger partial charge on any atom is -0.497 e. The second-order valence-electron chi connectivity index (χ2n) is 5.89. The van der Waals surface area contributed by atoms with Crippen molar-refractivity contribution in [2.45, 2.75) is 38.6 Å². The van der Waals surface area contributed by atoms with Gasteiger partial charge >= 0.3 is 0 Å². The molecule has 1 atom stereocenters. The van der Waals surface area contributed by atoms with E-state index in [0.717, 1.165) is 17.4 Å². The highest BCUT2D eigenvalue weighted by atomic mass is 16.5. The predicted molar refractivity (Wildman–Crippen MR) is 82.5 cm³/mol. The number of benzene rings is 1. The van der Waals surface area contributed by atoms with Crippen LogP contribution in [0.4, 0.5) is 0 Å². The van der Waals surface area contributed by atoms with Gasteiger partial charge in [-0.15, -0.1) is 0 Å². The van der Waals surface area contributed by atoms with Gasteiger partial charge in [0.25, 0.3) is 0 Å². The lowest BCUT2D eigenvalue weighted by atomic mass is 9.77. The molecular weight excluding hydrogens is 250 g/mol. The van der Waals surface area contributed by atoms with E-state index in [0.29, 0.717) is 12.0 Å². The highest BCUT2D eigenvalue weighted by Gasteiger charge is 2.28. The molecule has 3 heteroatoms. The van der Waals surface area contributed by atoms with Crippen LogP contribution in [0.15, 0.2) is 18.2 Å². The van der Waals surface area contributed by atoms with E-state index in [1.54, 1.807) is 14.2 Å². The molecule has 112 valence electrons. The molecule has 0 aliphatic heterocycles. The molecule has 0 heterocycles. The van der Waals surface area contributed by atoms with Crippen molar-refractivity contribution in [2.24, 2.45) is 11.8 Å². The third-order valence-corrected chi connectivity index (χ3v) is 4.61. The average molecular weight is 277 g/mol. The Bertz CT molecular complexity index is 425. The minimum absolute atomic E-state index is 0.340. The number of rotatable bonds is 5. The SMILES string of the molecule is CNC(c1cc(OC)ccc1OC)C1CCC(C)CC1. The van der Waals surface area contributed by atoms with Gasteiger partial charge in [-0.25, -0.2) is 0 Å². The van der Waals surface area contributed by atoms with Crippen molar-refractivity contribution in [2.75, 3.05) is 21.3 Å². The quantitative estimate of drug-likeness (QED) is 0.888. The molecule has 0 spiro atoms. The largest absolute Gasteiger partial charge is 0.497 e. The van der Waals surface area contributed by atoms with Gasteiger partial charge in [0.2, 0.25) is 0 Å². The van der Waals surface area contributed by atoms with Gasteiger partial charge in [-0.1, -0.05) is 19.8 Å². The Morgan fingerprint density at radius 1 is 1.10 bits per heavy atom. The maximum absolute atomic E-state index is 5.54. The summed E-state index contributed by atoms with van der Waals surface area (Å²) in [6, 6.07) is 6.41. The summed E-state index contributed by atoms with van der Waals surface area (Å²) in [5, 5.41) is 3.49. The molecule has 1 unspecified atom stereocenters. The van der Waals surface area contributed by atoms with E-state index < -0.39 is 0 Å². The minimum atomic E-state index is 0.340. The van der Waals surface area contributed by atoms with E-state index >= 15 is 0 Å². The van der Waals surface area contributed by atoms with E-state index in [1.165, 1.54) is 31.2 Å². The lowest BCUT2D eigenvalue weighted by molar-refractivity contribution is 0.234. The van der Waals surface area contributed by atoms with Gasteiger partial charge in [-0.2, -0.15) is 0 Å². The first-order valence-electron chi connectivity index (χ1n) is 7.58. The first-order chi connectivity index (χ1) is 9.69.